The highest BCUT2D eigenvalue weighted by Crippen LogP contribution is 2.29. The number of imidazole rings is 1. The number of rotatable bonds is 11. The van der Waals surface area contributed by atoms with Gasteiger partial charge in [-0.25, -0.2) is 23.1 Å². The number of nitro benzene ring substituents is 1. The molecule has 4 aromatic rings. The Hall–Kier alpha value is -3.61. The summed E-state index contributed by atoms with van der Waals surface area (Å²) in [5, 5.41) is 11.9. The second-order valence-corrected chi connectivity index (χ2v) is 9.76. The molecule has 0 aliphatic rings. The van der Waals surface area contributed by atoms with Crippen molar-refractivity contribution in [2.75, 3.05) is 26.0 Å². The summed E-state index contributed by atoms with van der Waals surface area (Å²) < 4.78 is 35.0. The summed E-state index contributed by atoms with van der Waals surface area (Å²) >= 11 is 0. The Kier molecular flexibility index (Phi) is 7.24. The number of sulfonamides is 1. The Morgan fingerprint density at radius 1 is 1.14 bits per heavy atom. The molecule has 0 fully saturated rings. The number of nitro groups is 1. The highest BCUT2D eigenvalue weighted by molar-refractivity contribution is 7.89. The number of pyridine rings is 1. The van der Waals surface area contributed by atoms with Crippen LogP contribution in [-0.4, -0.2) is 48.1 Å². The van der Waals surface area contributed by atoms with Crippen LogP contribution in [0.15, 0.2) is 53.4 Å². The molecule has 0 aliphatic heterocycles. The van der Waals surface area contributed by atoms with Crippen LogP contribution in [0.3, 0.4) is 0 Å². The number of aryl methyl sites for hydroxylation is 1. The normalized spacial score (nSPS) is 11.9. The van der Waals surface area contributed by atoms with Gasteiger partial charge in [0.1, 0.15) is 11.3 Å². The maximum absolute atomic E-state index is 12.5. The number of non-ortho nitro benzene ring substituents is 1. The van der Waals surface area contributed by atoms with E-state index >= 15 is 0 Å². The number of nitrogens with two attached hydrogens (primary N) is 1. The summed E-state index contributed by atoms with van der Waals surface area (Å²) in [5.74, 6) is 1.18. The number of hydrogen-bond donors (Lipinski definition) is 2. The van der Waals surface area contributed by atoms with Gasteiger partial charge in [-0.2, -0.15) is 0 Å². The smallest absolute Gasteiger partial charge is 0.270 e. The predicted molar refractivity (Wildman–Crippen MR) is 133 cm³/mol. The number of methoxy groups -OCH3 is 1. The summed E-state index contributed by atoms with van der Waals surface area (Å²) in [7, 11) is -2.22. The minimum atomic E-state index is -3.85. The Balaban J connectivity index is 1.50. The minimum Gasteiger partial charge on any atom is -0.384 e. The molecule has 0 spiro atoms. The van der Waals surface area contributed by atoms with E-state index < -0.39 is 14.9 Å². The summed E-state index contributed by atoms with van der Waals surface area (Å²) in [4.78, 5) is 19.4. The first-order valence-corrected chi connectivity index (χ1v) is 12.6. The quantitative estimate of drug-likeness (QED) is 0.182. The van der Waals surface area contributed by atoms with Crippen molar-refractivity contribution in [3.05, 3.63) is 64.5 Å². The lowest BCUT2D eigenvalue weighted by molar-refractivity contribution is -0.385. The van der Waals surface area contributed by atoms with E-state index in [1.165, 1.54) is 18.2 Å². The van der Waals surface area contributed by atoms with Gasteiger partial charge in [0.25, 0.3) is 5.69 Å². The summed E-state index contributed by atoms with van der Waals surface area (Å²) in [6.07, 6.45) is 1.81. The second-order valence-electron chi connectivity index (χ2n) is 7.99. The number of benzene rings is 2. The lowest BCUT2D eigenvalue weighted by Crippen LogP contribution is -2.25. The minimum absolute atomic E-state index is 0.136. The van der Waals surface area contributed by atoms with Crippen LogP contribution in [0.2, 0.25) is 0 Å². The van der Waals surface area contributed by atoms with Crippen molar-refractivity contribution in [1.29, 1.82) is 0 Å². The molecule has 0 unspecified atom stereocenters. The molecule has 12 heteroatoms. The first-order valence-electron chi connectivity index (χ1n) is 11.1. The third-order valence-corrected chi connectivity index (χ3v) is 7.12. The van der Waals surface area contributed by atoms with Crippen LogP contribution >= 0.6 is 0 Å². The lowest BCUT2D eigenvalue weighted by atomic mass is 10.2. The predicted octanol–water partition coefficient (Wildman–Crippen LogP) is 3.02. The molecule has 3 N–H and O–H groups in total. The Morgan fingerprint density at radius 3 is 2.71 bits per heavy atom. The number of ether oxygens (including phenoxy) is 1. The van der Waals surface area contributed by atoms with Crippen molar-refractivity contribution < 1.29 is 18.1 Å². The number of nitrogen functional groups attached to an aromatic ring is 1. The van der Waals surface area contributed by atoms with Gasteiger partial charge in [0.05, 0.1) is 27.5 Å². The number of fused-ring (bicyclic) bond motifs is 3. The fraction of sp³-hybridized carbons (Fsp3) is 0.304. The second kappa shape index (κ2) is 10.3. The highest BCUT2D eigenvalue weighted by atomic mass is 32.2. The van der Waals surface area contributed by atoms with Gasteiger partial charge < -0.3 is 15.0 Å². The molecule has 2 aromatic carbocycles. The average molecular weight is 499 g/mol. The summed E-state index contributed by atoms with van der Waals surface area (Å²) in [6, 6.07) is 12.7. The summed E-state index contributed by atoms with van der Waals surface area (Å²) in [6.45, 7) is 1.29. The molecule has 0 aliphatic carbocycles. The van der Waals surface area contributed by atoms with Gasteiger partial charge >= 0.3 is 0 Å². The molecule has 11 nitrogen and oxygen atoms in total. The van der Waals surface area contributed by atoms with Crippen LogP contribution in [0.1, 0.15) is 18.7 Å². The third kappa shape index (κ3) is 5.24. The van der Waals surface area contributed by atoms with Gasteiger partial charge in [-0.15, -0.1) is 0 Å². The molecule has 2 aromatic heterocycles. The van der Waals surface area contributed by atoms with Gasteiger partial charge in [-0.3, -0.25) is 10.1 Å². The fourth-order valence-electron chi connectivity index (χ4n) is 3.98. The van der Waals surface area contributed by atoms with E-state index in [0.29, 0.717) is 43.7 Å². The zero-order valence-corrected chi connectivity index (χ0v) is 20.0. The fourth-order valence-corrected chi connectivity index (χ4v) is 5.09. The molecular formula is C23H26N6O5S. The van der Waals surface area contributed by atoms with Gasteiger partial charge in [-0.05, 0) is 25.0 Å². The topological polar surface area (TPSA) is 155 Å². The van der Waals surface area contributed by atoms with Crippen molar-refractivity contribution in [2.24, 2.45) is 0 Å². The number of aromatic nitrogens is 3. The monoisotopic (exact) mass is 498 g/mol. The largest absolute Gasteiger partial charge is 0.384 e. The molecule has 2 heterocycles. The maximum atomic E-state index is 12.5. The first-order chi connectivity index (χ1) is 16.8. The van der Waals surface area contributed by atoms with E-state index in [0.717, 1.165) is 28.3 Å². The SMILES string of the molecule is COCCc1nc2c(N)nc3ccccc3c2n1CCCCNS(=O)(=O)c1cccc([N+](=O)[O-])c1. The van der Waals surface area contributed by atoms with E-state index in [4.69, 9.17) is 15.5 Å². The molecule has 35 heavy (non-hydrogen) atoms. The number of unbranched alkanes of at least 4 members (excludes halogenated alkanes) is 1. The van der Waals surface area contributed by atoms with Crippen LogP contribution in [0.4, 0.5) is 11.5 Å². The number of anilines is 1. The van der Waals surface area contributed by atoms with E-state index in [1.54, 1.807) is 7.11 Å². The standard InChI is InChI=1S/C23H26N6O5S/c1-34-14-11-20-27-21-22(18-9-2-3-10-19(18)26-23(21)24)28(20)13-5-4-12-25-35(32,33)17-8-6-7-16(15-17)29(30)31/h2-3,6-10,15,25H,4-5,11-14H2,1H3,(H2,24,26). The number of nitrogens with zero attached hydrogens (tertiary/aromatic N) is 4. The Labute approximate surface area is 202 Å². The molecular weight excluding hydrogens is 472 g/mol. The van der Waals surface area contributed by atoms with E-state index in [1.807, 2.05) is 24.3 Å². The van der Waals surface area contributed by atoms with Gasteiger partial charge in [-0.1, -0.05) is 24.3 Å². The molecule has 0 atom stereocenters. The number of hydrogen-bond acceptors (Lipinski definition) is 8. The average Bonchev–Trinajstić information content (AvgIpc) is 3.22. The van der Waals surface area contributed by atoms with Crippen molar-refractivity contribution in [2.45, 2.75) is 30.7 Å². The van der Waals surface area contributed by atoms with Crippen LogP contribution in [0.25, 0.3) is 21.9 Å². The molecule has 4 rings (SSSR count). The molecule has 0 amide bonds. The summed E-state index contributed by atoms with van der Waals surface area (Å²) in [5.41, 5.74) is 8.25. The van der Waals surface area contributed by atoms with E-state index in [2.05, 4.69) is 14.3 Å². The van der Waals surface area contributed by atoms with Crippen LogP contribution < -0.4 is 10.5 Å². The van der Waals surface area contributed by atoms with Gasteiger partial charge in [0.2, 0.25) is 10.0 Å². The molecule has 0 saturated heterocycles. The van der Waals surface area contributed by atoms with Crippen molar-refractivity contribution in [3.63, 3.8) is 0 Å². The maximum Gasteiger partial charge on any atom is 0.270 e. The van der Waals surface area contributed by atoms with E-state index in [9.17, 15) is 18.5 Å². The van der Waals surface area contributed by atoms with Gasteiger partial charge in [0.15, 0.2) is 5.82 Å². The zero-order valence-electron chi connectivity index (χ0n) is 19.2. The van der Waals surface area contributed by atoms with Crippen molar-refractivity contribution >= 4 is 43.5 Å². The van der Waals surface area contributed by atoms with Crippen LogP contribution in [0.5, 0.6) is 0 Å². The van der Waals surface area contributed by atoms with Crippen LogP contribution in [-0.2, 0) is 27.7 Å². The lowest BCUT2D eigenvalue weighted by Gasteiger charge is -2.11. The Morgan fingerprint density at radius 2 is 1.94 bits per heavy atom. The molecule has 0 radical (unpaired) electrons. The van der Waals surface area contributed by atoms with Crippen molar-refractivity contribution in [1.82, 2.24) is 19.3 Å². The van der Waals surface area contributed by atoms with Crippen molar-refractivity contribution in [3.8, 4) is 0 Å². The van der Waals surface area contributed by atoms with Crippen LogP contribution in [0, 0.1) is 10.1 Å². The number of para-hydroxylation sites is 1. The third-order valence-electron chi connectivity index (χ3n) is 5.66. The molecule has 0 saturated carbocycles. The zero-order chi connectivity index (χ0) is 25.0. The Bertz CT molecular complexity index is 1480. The molecule has 0 bridgehead atoms. The highest BCUT2D eigenvalue weighted by Gasteiger charge is 2.19. The molecule has 184 valence electrons. The van der Waals surface area contributed by atoms with E-state index in [-0.39, 0.29) is 17.1 Å². The number of nitrogens with one attached hydrogen (secondary N) is 1. The first kappa shape index (κ1) is 24.5. The van der Waals surface area contributed by atoms with Gasteiger partial charge in [0, 0.05) is 44.1 Å².